The molecular formula is C20H22N2. The molecule has 0 spiro atoms. The Kier molecular flexibility index (Phi) is 5.99. The second-order valence-corrected chi connectivity index (χ2v) is 5.75. The predicted octanol–water partition coefficient (Wildman–Crippen LogP) is 5.49. The first kappa shape index (κ1) is 16.1. The third-order valence-corrected chi connectivity index (χ3v) is 4.15. The van der Waals surface area contributed by atoms with Crippen LogP contribution in [0.4, 0.5) is 0 Å². The smallest absolute Gasteiger partial charge is 0.101 e. The van der Waals surface area contributed by atoms with Gasteiger partial charge in [0.05, 0.1) is 11.1 Å². The molecule has 0 atom stereocenters. The molecule has 0 heterocycles. The third-order valence-electron chi connectivity index (χ3n) is 4.15. The zero-order chi connectivity index (χ0) is 15.8. The van der Waals surface area contributed by atoms with Crippen LogP contribution in [0.2, 0.25) is 0 Å². The van der Waals surface area contributed by atoms with Crippen molar-refractivity contribution >= 4 is 10.8 Å². The number of nitriles is 2. The largest absolute Gasteiger partial charge is 0.192 e. The number of hydrogen-bond acceptors (Lipinski definition) is 2. The minimum absolute atomic E-state index is 0.529. The van der Waals surface area contributed by atoms with Gasteiger partial charge in [-0.25, -0.2) is 0 Å². The van der Waals surface area contributed by atoms with Crippen molar-refractivity contribution in [2.75, 3.05) is 0 Å². The molecule has 0 radical (unpaired) electrons. The predicted molar refractivity (Wildman–Crippen MR) is 90.5 cm³/mol. The summed E-state index contributed by atoms with van der Waals surface area (Å²) >= 11 is 0. The molecule has 0 N–H and O–H groups in total. The summed E-state index contributed by atoms with van der Waals surface area (Å²) in [4.78, 5) is 0. The number of fused-ring (bicyclic) bond motifs is 1. The summed E-state index contributed by atoms with van der Waals surface area (Å²) in [5, 5.41) is 20.8. The Balaban J connectivity index is 2.19. The Morgan fingerprint density at radius 3 is 2.27 bits per heavy atom. The van der Waals surface area contributed by atoms with E-state index in [4.69, 9.17) is 0 Å². The number of nitrogens with zero attached hydrogens (tertiary/aromatic N) is 2. The zero-order valence-corrected chi connectivity index (χ0v) is 13.2. The van der Waals surface area contributed by atoms with Crippen LogP contribution in [-0.2, 0) is 6.42 Å². The lowest BCUT2D eigenvalue weighted by atomic mass is 9.92. The molecule has 0 aliphatic heterocycles. The van der Waals surface area contributed by atoms with Crippen LogP contribution >= 0.6 is 0 Å². The van der Waals surface area contributed by atoms with Gasteiger partial charge in [-0.15, -0.1) is 0 Å². The minimum atomic E-state index is 0.529. The molecule has 22 heavy (non-hydrogen) atoms. The lowest BCUT2D eigenvalue weighted by Gasteiger charge is -2.09. The first-order valence-corrected chi connectivity index (χ1v) is 8.16. The Morgan fingerprint density at radius 1 is 0.864 bits per heavy atom. The van der Waals surface area contributed by atoms with E-state index >= 15 is 0 Å². The van der Waals surface area contributed by atoms with Gasteiger partial charge in [0.25, 0.3) is 0 Å². The number of hydrogen-bond donors (Lipinski definition) is 0. The highest BCUT2D eigenvalue weighted by Crippen LogP contribution is 2.26. The molecule has 0 aliphatic carbocycles. The van der Waals surface area contributed by atoms with Gasteiger partial charge in [-0.1, -0.05) is 63.3 Å². The van der Waals surface area contributed by atoms with E-state index in [9.17, 15) is 10.5 Å². The number of rotatable bonds is 7. The number of aryl methyl sites for hydroxylation is 1. The van der Waals surface area contributed by atoms with E-state index in [0.29, 0.717) is 11.1 Å². The maximum absolute atomic E-state index is 9.46. The standard InChI is InChI=1S/C20H22N2/c1-2-3-4-5-6-7-10-17-13-16-11-8-9-12-18(16)20(15-22)19(17)14-21/h8-9,11-13H,2-7,10H2,1H3. The summed E-state index contributed by atoms with van der Waals surface area (Å²) in [7, 11) is 0. The SMILES string of the molecule is CCCCCCCCc1cc2ccccc2c(C#N)c1C#N. The van der Waals surface area contributed by atoms with Gasteiger partial charge in [-0.05, 0) is 29.9 Å². The van der Waals surface area contributed by atoms with Gasteiger partial charge >= 0.3 is 0 Å². The van der Waals surface area contributed by atoms with Gasteiger partial charge in [0.1, 0.15) is 12.1 Å². The van der Waals surface area contributed by atoms with Gasteiger partial charge in [0.2, 0.25) is 0 Å². The molecular weight excluding hydrogens is 268 g/mol. The summed E-state index contributed by atoms with van der Waals surface area (Å²) in [5.74, 6) is 0. The molecule has 112 valence electrons. The average molecular weight is 290 g/mol. The maximum Gasteiger partial charge on any atom is 0.101 e. The number of unbranched alkanes of at least 4 members (excludes halogenated alkanes) is 5. The van der Waals surface area contributed by atoms with Crippen molar-refractivity contribution in [2.45, 2.75) is 51.9 Å². The van der Waals surface area contributed by atoms with Crippen molar-refractivity contribution in [2.24, 2.45) is 0 Å². The normalized spacial score (nSPS) is 10.3. The second-order valence-electron chi connectivity index (χ2n) is 5.75. The molecule has 0 unspecified atom stereocenters. The van der Waals surface area contributed by atoms with E-state index in [-0.39, 0.29) is 0 Å². The fraction of sp³-hybridized carbons (Fsp3) is 0.400. The molecule has 0 bridgehead atoms. The van der Waals surface area contributed by atoms with Crippen LogP contribution in [0, 0.1) is 22.7 Å². The topological polar surface area (TPSA) is 47.6 Å². The van der Waals surface area contributed by atoms with Crippen molar-refractivity contribution < 1.29 is 0 Å². The van der Waals surface area contributed by atoms with Crippen molar-refractivity contribution in [3.05, 3.63) is 47.0 Å². The van der Waals surface area contributed by atoms with Gasteiger partial charge in [-0.3, -0.25) is 0 Å². The van der Waals surface area contributed by atoms with Crippen LogP contribution in [0.3, 0.4) is 0 Å². The summed E-state index contributed by atoms with van der Waals surface area (Å²) in [5.41, 5.74) is 2.12. The van der Waals surface area contributed by atoms with E-state index < -0.39 is 0 Å². The average Bonchev–Trinajstić information content (AvgIpc) is 2.56. The Bertz CT molecular complexity index is 717. The zero-order valence-electron chi connectivity index (χ0n) is 13.2. The molecule has 0 fully saturated rings. The summed E-state index contributed by atoms with van der Waals surface area (Å²) < 4.78 is 0. The van der Waals surface area contributed by atoms with Crippen LogP contribution < -0.4 is 0 Å². The van der Waals surface area contributed by atoms with E-state index in [1.54, 1.807) is 0 Å². The van der Waals surface area contributed by atoms with Crippen LogP contribution in [0.1, 0.15) is 62.1 Å². The Labute approximate surface area is 133 Å². The van der Waals surface area contributed by atoms with Gasteiger partial charge in [0.15, 0.2) is 0 Å². The van der Waals surface area contributed by atoms with Crippen molar-refractivity contribution in [1.29, 1.82) is 10.5 Å². The summed E-state index contributed by atoms with van der Waals surface area (Å²) in [6, 6.07) is 14.4. The van der Waals surface area contributed by atoms with Crippen LogP contribution in [-0.4, -0.2) is 0 Å². The first-order chi connectivity index (χ1) is 10.8. The molecule has 0 aliphatic rings. The quantitative estimate of drug-likeness (QED) is 0.633. The highest BCUT2D eigenvalue weighted by atomic mass is 14.3. The van der Waals surface area contributed by atoms with E-state index in [1.165, 1.54) is 32.1 Å². The van der Waals surface area contributed by atoms with Crippen molar-refractivity contribution in [1.82, 2.24) is 0 Å². The molecule has 0 aromatic heterocycles. The van der Waals surface area contributed by atoms with Crippen molar-refractivity contribution in [3.8, 4) is 12.1 Å². The summed E-state index contributed by atoms with van der Waals surface area (Å²) in [6.07, 6.45) is 8.28. The van der Waals surface area contributed by atoms with Crippen LogP contribution in [0.25, 0.3) is 10.8 Å². The lowest BCUT2D eigenvalue weighted by molar-refractivity contribution is 0.607. The van der Waals surface area contributed by atoms with E-state index in [0.717, 1.165) is 29.2 Å². The highest BCUT2D eigenvalue weighted by Gasteiger charge is 2.12. The molecule has 0 saturated heterocycles. The highest BCUT2D eigenvalue weighted by molar-refractivity contribution is 5.91. The van der Waals surface area contributed by atoms with Gasteiger partial charge in [0, 0.05) is 5.39 Å². The molecule has 2 aromatic carbocycles. The lowest BCUT2D eigenvalue weighted by Crippen LogP contribution is -1.96. The number of benzene rings is 2. The fourth-order valence-electron chi connectivity index (χ4n) is 2.94. The first-order valence-electron chi connectivity index (χ1n) is 8.16. The second kappa shape index (κ2) is 8.20. The molecule has 2 aromatic rings. The minimum Gasteiger partial charge on any atom is -0.192 e. The fourth-order valence-corrected chi connectivity index (χ4v) is 2.94. The molecule has 0 amide bonds. The molecule has 2 nitrogen and oxygen atoms in total. The Hall–Kier alpha value is -2.32. The van der Waals surface area contributed by atoms with Crippen LogP contribution in [0.15, 0.2) is 30.3 Å². The third kappa shape index (κ3) is 3.66. The van der Waals surface area contributed by atoms with E-state index in [2.05, 4.69) is 25.1 Å². The van der Waals surface area contributed by atoms with Gasteiger partial charge in [-0.2, -0.15) is 10.5 Å². The Morgan fingerprint density at radius 2 is 1.55 bits per heavy atom. The summed E-state index contributed by atoms with van der Waals surface area (Å²) in [6.45, 7) is 2.22. The van der Waals surface area contributed by atoms with Gasteiger partial charge < -0.3 is 0 Å². The molecule has 2 rings (SSSR count). The monoisotopic (exact) mass is 290 g/mol. The molecule has 2 heteroatoms. The maximum atomic E-state index is 9.46. The van der Waals surface area contributed by atoms with Crippen molar-refractivity contribution in [3.63, 3.8) is 0 Å². The molecule has 0 saturated carbocycles. The van der Waals surface area contributed by atoms with Crippen LogP contribution in [0.5, 0.6) is 0 Å². The van der Waals surface area contributed by atoms with E-state index in [1.807, 2.05) is 24.3 Å².